The van der Waals surface area contributed by atoms with Gasteiger partial charge in [-0.25, -0.2) is 4.79 Å². The summed E-state index contributed by atoms with van der Waals surface area (Å²) < 4.78 is 21.3. The predicted molar refractivity (Wildman–Crippen MR) is 69.0 cm³/mol. The summed E-state index contributed by atoms with van der Waals surface area (Å²) in [5, 5.41) is 0.760. The van der Waals surface area contributed by atoms with Gasteiger partial charge in [0.25, 0.3) is 0 Å². The van der Waals surface area contributed by atoms with Gasteiger partial charge in [-0.2, -0.15) is 0 Å². The molecule has 1 unspecified atom stereocenters. The summed E-state index contributed by atoms with van der Waals surface area (Å²) in [6.07, 6.45) is 0.176. The third kappa shape index (κ3) is 2.29. The lowest BCUT2D eigenvalue weighted by Gasteiger charge is -2.13. The van der Waals surface area contributed by atoms with E-state index in [2.05, 4.69) is 0 Å². The van der Waals surface area contributed by atoms with Gasteiger partial charge in [0, 0.05) is 6.07 Å². The monoisotopic (exact) mass is 262 g/mol. The van der Waals surface area contributed by atoms with E-state index in [1.807, 2.05) is 6.92 Å². The van der Waals surface area contributed by atoms with Crippen molar-refractivity contribution in [2.24, 2.45) is 0 Å². The van der Waals surface area contributed by atoms with Crippen molar-refractivity contribution in [1.82, 2.24) is 0 Å². The van der Waals surface area contributed by atoms with E-state index in [-0.39, 0.29) is 11.7 Å². The van der Waals surface area contributed by atoms with Gasteiger partial charge in [0.1, 0.15) is 18.3 Å². The maximum Gasteiger partial charge on any atom is 0.336 e. The Bertz CT molecular complexity index is 669. The van der Waals surface area contributed by atoms with Crippen LogP contribution in [0.1, 0.15) is 5.56 Å². The van der Waals surface area contributed by atoms with Crippen molar-refractivity contribution < 1.29 is 18.6 Å². The summed E-state index contributed by atoms with van der Waals surface area (Å²) in [7, 11) is 1.57. The van der Waals surface area contributed by atoms with Crippen LogP contribution in [0.25, 0.3) is 11.0 Å². The largest absolute Gasteiger partial charge is 0.492 e. The number of rotatable bonds is 4. The molecule has 0 N–H and O–H groups in total. The lowest BCUT2D eigenvalue weighted by molar-refractivity contribution is 0.252. The molecular weight excluding hydrogens is 248 g/mol. The van der Waals surface area contributed by atoms with Gasteiger partial charge in [-0.05, 0) is 24.6 Å². The molecule has 0 bridgehead atoms. The number of fused-ring (bicyclic) bond motifs is 1. The van der Waals surface area contributed by atoms with Gasteiger partial charge in [-0.1, -0.05) is 0 Å². The molecule has 0 radical (unpaired) electrons. The van der Waals surface area contributed by atoms with Crippen LogP contribution >= 0.6 is 0 Å². The van der Waals surface area contributed by atoms with Crippen molar-refractivity contribution in [2.75, 3.05) is 20.3 Å². The molecule has 1 aliphatic rings. The molecule has 1 atom stereocenters. The molecule has 2 heterocycles. The van der Waals surface area contributed by atoms with E-state index >= 15 is 0 Å². The van der Waals surface area contributed by atoms with Crippen LogP contribution in [0.3, 0.4) is 0 Å². The van der Waals surface area contributed by atoms with E-state index in [4.69, 9.17) is 18.6 Å². The zero-order valence-corrected chi connectivity index (χ0v) is 10.8. The Morgan fingerprint density at radius 2 is 2.21 bits per heavy atom. The molecule has 1 saturated heterocycles. The van der Waals surface area contributed by atoms with Crippen molar-refractivity contribution in [3.63, 3.8) is 0 Å². The van der Waals surface area contributed by atoms with Crippen LogP contribution < -0.4 is 15.1 Å². The normalized spacial score (nSPS) is 17.5. The summed E-state index contributed by atoms with van der Waals surface area (Å²) in [4.78, 5) is 11.4. The van der Waals surface area contributed by atoms with Crippen LogP contribution in [0.4, 0.5) is 0 Å². The smallest absolute Gasteiger partial charge is 0.336 e. The predicted octanol–water partition coefficient (Wildman–Crippen LogP) is 1.89. The van der Waals surface area contributed by atoms with E-state index in [1.54, 1.807) is 19.2 Å². The van der Waals surface area contributed by atoms with Crippen LogP contribution in [0.2, 0.25) is 0 Å². The van der Waals surface area contributed by atoms with Gasteiger partial charge in [-0.15, -0.1) is 0 Å². The van der Waals surface area contributed by atoms with Gasteiger partial charge in [0.05, 0.1) is 19.1 Å². The van der Waals surface area contributed by atoms with Crippen molar-refractivity contribution in [3.05, 3.63) is 34.2 Å². The van der Waals surface area contributed by atoms with Crippen molar-refractivity contribution >= 4 is 11.0 Å². The second-order valence-corrected chi connectivity index (χ2v) is 4.48. The summed E-state index contributed by atoms with van der Waals surface area (Å²) in [5.74, 6) is 1.21. The van der Waals surface area contributed by atoms with Gasteiger partial charge in [0.2, 0.25) is 0 Å². The summed E-state index contributed by atoms with van der Waals surface area (Å²) in [6.45, 7) is 3.08. The van der Waals surface area contributed by atoms with Crippen molar-refractivity contribution in [3.8, 4) is 11.5 Å². The van der Waals surface area contributed by atoms with Gasteiger partial charge < -0.3 is 18.6 Å². The Labute approximate surface area is 109 Å². The minimum Gasteiger partial charge on any atom is -0.492 e. The molecule has 5 heteroatoms. The Kier molecular flexibility index (Phi) is 2.91. The highest BCUT2D eigenvalue weighted by Gasteiger charge is 2.24. The van der Waals surface area contributed by atoms with E-state index in [1.165, 1.54) is 6.07 Å². The fraction of sp³-hybridized carbons (Fsp3) is 0.357. The molecule has 1 aromatic heterocycles. The second-order valence-electron chi connectivity index (χ2n) is 4.48. The molecule has 1 fully saturated rings. The second kappa shape index (κ2) is 4.59. The van der Waals surface area contributed by atoms with Gasteiger partial charge in [-0.3, -0.25) is 0 Å². The average molecular weight is 262 g/mol. The highest BCUT2D eigenvalue weighted by atomic mass is 16.6. The minimum atomic E-state index is -0.368. The van der Waals surface area contributed by atoms with E-state index in [0.717, 1.165) is 17.6 Å². The SMILES string of the molecule is COc1c(OCC2CO2)ccc2oc(=O)cc(C)c12. The standard InChI is InChI=1S/C14H14O5/c1-8-5-12(15)19-10-3-4-11(14(16-2)13(8)10)18-7-9-6-17-9/h3-5,9H,6-7H2,1-2H3. The topological polar surface area (TPSA) is 61.2 Å². The molecule has 1 aromatic carbocycles. The number of epoxide rings is 1. The Morgan fingerprint density at radius 3 is 2.89 bits per heavy atom. The fourth-order valence-electron chi connectivity index (χ4n) is 2.05. The van der Waals surface area contributed by atoms with E-state index in [0.29, 0.717) is 23.7 Å². The lowest BCUT2D eigenvalue weighted by atomic mass is 10.1. The van der Waals surface area contributed by atoms with E-state index < -0.39 is 0 Å². The molecule has 5 nitrogen and oxygen atoms in total. The van der Waals surface area contributed by atoms with Crippen LogP contribution in [0, 0.1) is 6.92 Å². The zero-order valence-electron chi connectivity index (χ0n) is 10.8. The Hall–Kier alpha value is -2.01. The molecule has 1 aliphatic heterocycles. The van der Waals surface area contributed by atoms with Gasteiger partial charge in [0.15, 0.2) is 11.5 Å². The summed E-state index contributed by atoms with van der Waals surface area (Å²) >= 11 is 0. The third-order valence-corrected chi connectivity index (χ3v) is 3.05. The summed E-state index contributed by atoms with van der Waals surface area (Å²) in [6, 6.07) is 4.90. The minimum absolute atomic E-state index is 0.176. The number of benzene rings is 1. The third-order valence-electron chi connectivity index (χ3n) is 3.05. The average Bonchev–Trinajstić information content (AvgIpc) is 3.19. The first-order valence-electron chi connectivity index (χ1n) is 6.05. The maximum atomic E-state index is 11.4. The first-order chi connectivity index (χ1) is 9.19. The highest BCUT2D eigenvalue weighted by molar-refractivity contribution is 5.89. The molecule has 3 rings (SSSR count). The van der Waals surface area contributed by atoms with Crippen molar-refractivity contribution in [2.45, 2.75) is 13.0 Å². The Morgan fingerprint density at radius 1 is 1.42 bits per heavy atom. The molecule has 0 amide bonds. The molecule has 0 spiro atoms. The molecular formula is C14H14O5. The molecule has 0 saturated carbocycles. The quantitative estimate of drug-likeness (QED) is 0.622. The van der Waals surface area contributed by atoms with Crippen LogP contribution in [0.15, 0.2) is 27.4 Å². The first-order valence-corrected chi connectivity index (χ1v) is 6.05. The number of hydrogen-bond donors (Lipinski definition) is 0. The van der Waals surface area contributed by atoms with Gasteiger partial charge >= 0.3 is 5.63 Å². The molecule has 19 heavy (non-hydrogen) atoms. The van der Waals surface area contributed by atoms with Crippen LogP contribution in [-0.2, 0) is 4.74 Å². The molecule has 0 aliphatic carbocycles. The van der Waals surface area contributed by atoms with Crippen LogP contribution in [0.5, 0.6) is 11.5 Å². The maximum absolute atomic E-state index is 11.4. The van der Waals surface area contributed by atoms with Crippen LogP contribution in [-0.4, -0.2) is 26.4 Å². The fourth-order valence-corrected chi connectivity index (χ4v) is 2.05. The summed E-state index contributed by atoms with van der Waals surface area (Å²) in [5.41, 5.74) is 0.931. The highest BCUT2D eigenvalue weighted by Crippen LogP contribution is 2.37. The molecule has 2 aromatic rings. The Balaban J connectivity index is 2.10. The van der Waals surface area contributed by atoms with Crippen molar-refractivity contribution in [1.29, 1.82) is 0 Å². The zero-order chi connectivity index (χ0) is 13.4. The number of methoxy groups -OCH3 is 1. The van der Waals surface area contributed by atoms with E-state index in [9.17, 15) is 4.79 Å². The molecule has 100 valence electrons. The number of ether oxygens (including phenoxy) is 3. The number of hydrogen-bond acceptors (Lipinski definition) is 5. The number of aryl methyl sites for hydroxylation is 1. The first kappa shape index (κ1) is 12.0. The lowest BCUT2D eigenvalue weighted by Crippen LogP contribution is -2.06.